The van der Waals surface area contributed by atoms with E-state index in [2.05, 4.69) is 10.6 Å². The van der Waals surface area contributed by atoms with Crippen molar-refractivity contribution in [3.63, 3.8) is 0 Å². The summed E-state index contributed by atoms with van der Waals surface area (Å²) in [7, 11) is 4.09. The third-order valence-corrected chi connectivity index (χ3v) is 8.73. The summed E-state index contributed by atoms with van der Waals surface area (Å²) in [4.78, 5) is 38.5. The highest BCUT2D eigenvalue weighted by Gasteiger charge is 2.36. The van der Waals surface area contributed by atoms with Crippen LogP contribution in [0.15, 0.2) is 65.8 Å². The number of rotatable bonds is 6. The second kappa shape index (κ2) is 18.1. The molecular weight excluding hydrogens is 687 g/mol. The summed E-state index contributed by atoms with van der Waals surface area (Å²) in [5, 5.41) is 27.9. The number of hydrogen-bond donors (Lipinski definition) is 5. The highest BCUT2D eigenvalue weighted by Crippen LogP contribution is 2.44. The number of aromatic hydroxyl groups is 1. The molecule has 15 heteroatoms. The van der Waals surface area contributed by atoms with Crippen LogP contribution in [0.5, 0.6) is 11.5 Å². The lowest BCUT2D eigenvalue weighted by molar-refractivity contribution is -0.137. The van der Waals surface area contributed by atoms with Gasteiger partial charge >= 0.3 is 12.3 Å². The molecular formula is C37H46F3N3O9. The summed E-state index contributed by atoms with van der Waals surface area (Å²) in [6.07, 6.45) is -3.06. The summed E-state index contributed by atoms with van der Waals surface area (Å²) in [6.45, 7) is 6.74. The predicted molar refractivity (Wildman–Crippen MR) is 188 cm³/mol. The standard InChI is InChI=1S/C37H46F3N3O9/c1-19-15-24-31(45)26(18-27(33(24)51-7)43-35(47)23-12-8-9-13-25(23)37(38,39)40)42-34(46)20(2)11-10-14-28(49-5)32(52-36(41)48)22(4)17-21(3)30(44)29(16-19)50-6/h8-14,17-19,21,28-30,32,44-45H,15-16H2,1-7H3,(H2,41,48)(H,42,46)(H,43,47)/b14-10-,20-11+,22-17+/t19-,21+,28+,29+,30-,32+/m1/s1. The molecule has 2 aromatic carbocycles. The first-order valence-electron chi connectivity index (χ1n) is 16.4. The minimum absolute atomic E-state index is 0.0474. The molecule has 2 aromatic rings. The molecule has 52 heavy (non-hydrogen) atoms. The van der Waals surface area contributed by atoms with Crippen LogP contribution in [0.25, 0.3) is 0 Å². The van der Waals surface area contributed by atoms with Gasteiger partial charge in [-0.25, -0.2) is 4.79 Å². The van der Waals surface area contributed by atoms with Crippen LogP contribution in [0.4, 0.5) is 29.3 Å². The van der Waals surface area contributed by atoms with Crippen LogP contribution in [-0.2, 0) is 31.6 Å². The molecule has 0 fully saturated rings. The second-order valence-corrected chi connectivity index (χ2v) is 12.7. The number of primary amides is 1. The van der Waals surface area contributed by atoms with Gasteiger partial charge in [0.25, 0.3) is 11.8 Å². The zero-order chi connectivity index (χ0) is 38.9. The third kappa shape index (κ3) is 10.4. The number of carbonyl (C=O) groups is 3. The number of phenolic OH excluding ortho intramolecular Hbond substituents is 1. The van der Waals surface area contributed by atoms with Gasteiger partial charge in [-0.3, -0.25) is 9.59 Å². The third-order valence-electron chi connectivity index (χ3n) is 8.73. The van der Waals surface area contributed by atoms with Crippen LogP contribution >= 0.6 is 0 Å². The van der Waals surface area contributed by atoms with Gasteiger partial charge in [-0.15, -0.1) is 0 Å². The number of methoxy groups -OCH3 is 3. The number of phenols is 1. The summed E-state index contributed by atoms with van der Waals surface area (Å²) in [5.74, 6) is -3.11. The van der Waals surface area contributed by atoms with Gasteiger partial charge in [0, 0.05) is 31.3 Å². The molecule has 0 radical (unpaired) electrons. The lowest BCUT2D eigenvalue weighted by Gasteiger charge is -2.29. The highest BCUT2D eigenvalue weighted by molar-refractivity contribution is 6.08. The quantitative estimate of drug-likeness (QED) is 0.133. The molecule has 6 atom stereocenters. The van der Waals surface area contributed by atoms with Gasteiger partial charge in [0.2, 0.25) is 0 Å². The molecule has 284 valence electrons. The number of allylic oxidation sites excluding steroid dienone is 2. The van der Waals surface area contributed by atoms with Crippen LogP contribution in [0.2, 0.25) is 0 Å². The molecule has 1 heterocycles. The maximum Gasteiger partial charge on any atom is 0.417 e. The number of hydrogen-bond acceptors (Lipinski definition) is 9. The van der Waals surface area contributed by atoms with Crippen LogP contribution < -0.4 is 21.1 Å². The van der Waals surface area contributed by atoms with Crippen molar-refractivity contribution >= 4 is 29.3 Å². The molecule has 0 saturated carbocycles. The van der Waals surface area contributed by atoms with E-state index in [1.165, 1.54) is 58.6 Å². The molecule has 1 aliphatic rings. The molecule has 0 unspecified atom stereocenters. The molecule has 0 aromatic heterocycles. The van der Waals surface area contributed by atoms with Crippen LogP contribution in [-0.4, -0.2) is 73.9 Å². The normalized spacial score (nSPS) is 26.2. The Bertz CT molecular complexity index is 1710. The lowest BCUT2D eigenvalue weighted by atomic mass is 9.87. The smallest absolute Gasteiger partial charge is 0.417 e. The van der Waals surface area contributed by atoms with Crippen molar-refractivity contribution in [2.75, 3.05) is 32.0 Å². The average molecular weight is 734 g/mol. The van der Waals surface area contributed by atoms with Crippen molar-refractivity contribution in [2.24, 2.45) is 17.6 Å². The van der Waals surface area contributed by atoms with Crippen molar-refractivity contribution < 1.29 is 56.7 Å². The average Bonchev–Trinajstić information content (AvgIpc) is 3.08. The van der Waals surface area contributed by atoms with Gasteiger partial charge in [-0.1, -0.05) is 50.3 Å². The molecule has 1 aliphatic heterocycles. The molecule has 0 aliphatic carbocycles. The SMILES string of the molecule is COc1c(NC(=O)c2ccccc2C(F)(F)F)cc2c(O)c1C[C@@H](C)C[C@H](OC)[C@H](O)[C@@H](C)/C=C(\C)[C@H](OC(N)=O)[C@@H](OC)/C=C\C=C(/C)C(=O)N2. The van der Waals surface area contributed by atoms with Gasteiger partial charge in [-0.2, -0.15) is 13.2 Å². The number of alkyl halides is 3. The van der Waals surface area contributed by atoms with Crippen molar-refractivity contribution in [3.8, 4) is 11.5 Å². The Morgan fingerprint density at radius 3 is 2.35 bits per heavy atom. The van der Waals surface area contributed by atoms with E-state index >= 15 is 0 Å². The fraction of sp³-hybridized carbons (Fsp3) is 0.432. The lowest BCUT2D eigenvalue weighted by Crippen LogP contribution is -2.37. The van der Waals surface area contributed by atoms with E-state index in [-0.39, 0.29) is 47.0 Å². The van der Waals surface area contributed by atoms with E-state index in [0.29, 0.717) is 5.57 Å². The van der Waals surface area contributed by atoms with Crippen molar-refractivity contribution in [1.29, 1.82) is 0 Å². The Kier molecular flexibility index (Phi) is 14.4. The van der Waals surface area contributed by atoms with Gasteiger partial charge in [0.15, 0.2) is 6.10 Å². The Hall–Kier alpha value is -4.86. The Morgan fingerprint density at radius 1 is 1.08 bits per heavy atom. The van der Waals surface area contributed by atoms with E-state index in [9.17, 15) is 37.8 Å². The summed E-state index contributed by atoms with van der Waals surface area (Å²) < 4.78 is 63.6. The van der Waals surface area contributed by atoms with Gasteiger partial charge in [-0.05, 0) is 56.4 Å². The summed E-state index contributed by atoms with van der Waals surface area (Å²) in [6, 6.07) is 5.45. The molecule has 0 spiro atoms. The van der Waals surface area contributed by atoms with E-state index < -0.39 is 71.3 Å². The van der Waals surface area contributed by atoms with E-state index in [1.807, 2.05) is 6.92 Å². The van der Waals surface area contributed by atoms with Crippen LogP contribution in [0.1, 0.15) is 55.6 Å². The summed E-state index contributed by atoms with van der Waals surface area (Å²) >= 11 is 0. The number of nitrogens with two attached hydrogens (primary N) is 1. The first kappa shape index (κ1) is 41.6. The maximum absolute atomic E-state index is 13.8. The number of carbonyl (C=O) groups excluding carboxylic acids is 3. The molecule has 0 saturated heterocycles. The van der Waals surface area contributed by atoms with Crippen LogP contribution in [0.3, 0.4) is 0 Å². The molecule has 3 amide bonds. The van der Waals surface area contributed by atoms with Gasteiger partial charge < -0.3 is 45.5 Å². The van der Waals surface area contributed by atoms with E-state index in [1.54, 1.807) is 19.9 Å². The summed E-state index contributed by atoms with van der Waals surface area (Å²) in [5.41, 5.74) is 4.08. The molecule has 3 rings (SSSR count). The number of halogens is 3. The largest absolute Gasteiger partial charge is 0.505 e. The fourth-order valence-electron chi connectivity index (χ4n) is 6.04. The molecule has 2 bridgehead atoms. The maximum atomic E-state index is 13.8. The minimum atomic E-state index is -4.82. The monoisotopic (exact) mass is 733 g/mol. The number of aliphatic hydroxyl groups excluding tert-OH is 1. The second-order valence-electron chi connectivity index (χ2n) is 12.7. The van der Waals surface area contributed by atoms with Crippen molar-refractivity contribution in [1.82, 2.24) is 0 Å². The first-order valence-corrected chi connectivity index (χ1v) is 16.4. The van der Waals surface area contributed by atoms with E-state index in [4.69, 9.17) is 24.7 Å². The zero-order valence-corrected chi connectivity index (χ0v) is 30.0. The van der Waals surface area contributed by atoms with E-state index in [0.717, 1.165) is 18.2 Å². The Balaban J connectivity index is 2.20. The number of nitrogens with one attached hydrogen (secondary N) is 2. The number of aliphatic hydroxyl groups is 1. The van der Waals surface area contributed by atoms with Gasteiger partial charge in [0.1, 0.15) is 17.6 Å². The number of amides is 3. The van der Waals surface area contributed by atoms with Gasteiger partial charge in [0.05, 0.1) is 41.8 Å². The first-order chi connectivity index (χ1) is 24.4. The molecule has 6 N–H and O–H groups in total. The highest BCUT2D eigenvalue weighted by atomic mass is 19.4. The minimum Gasteiger partial charge on any atom is -0.505 e. The topological polar surface area (TPSA) is 179 Å². The van der Waals surface area contributed by atoms with Crippen molar-refractivity contribution in [3.05, 3.63) is 82.5 Å². The number of benzene rings is 2. The predicted octanol–water partition coefficient (Wildman–Crippen LogP) is 6.13. The Morgan fingerprint density at radius 2 is 1.75 bits per heavy atom. The zero-order valence-electron chi connectivity index (χ0n) is 30.0. The Labute approximate surface area is 300 Å². The molecule has 12 nitrogen and oxygen atoms in total. The number of fused-ring (bicyclic) bond motifs is 2. The number of anilines is 2. The van der Waals surface area contributed by atoms with Crippen LogP contribution in [0, 0.1) is 11.8 Å². The fourth-order valence-corrected chi connectivity index (χ4v) is 6.04. The number of ether oxygens (including phenoxy) is 4. The van der Waals surface area contributed by atoms with Crippen molar-refractivity contribution in [2.45, 2.75) is 71.1 Å².